The molecule has 2 heterocycles. The molecular formula is C22H20F2N4O2. The molecule has 30 heavy (non-hydrogen) atoms. The van der Waals surface area contributed by atoms with Gasteiger partial charge >= 0.3 is 0 Å². The third-order valence-electron chi connectivity index (χ3n) is 4.96. The summed E-state index contributed by atoms with van der Waals surface area (Å²) < 4.78 is 33.8. The molecule has 2 aromatic carbocycles. The lowest BCUT2D eigenvalue weighted by molar-refractivity contribution is 0.0176. The summed E-state index contributed by atoms with van der Waals surface area (Å²) in [5.41, 5.74) is 2.03. The highest BCUT2D eigenvalue weighted by Gasteiger charge is 2.25. The van der Waals surface area contributed by atoms with Crippen molar-refractivity contribution in [2.45, 2.75) is 25.8 Å². The van der Waals surface area contributed by atoms with E-state index in [0.29, 0.717) is 28.3 Å². The van der Waals surface area contributed by atoms with Crippen LogP contribution < -0.4 is 10.3 Å². The molecule has 4 rings (SSSR count). The number of methoxy groups -OCH3 is 1. The third-order valence-corrected chi connectivity index (χ3v) is 4.96. The van der Waals surface area contributed by atoms with E-state index < -0.39 is 12.0 Å². The highest BCUT2D eigenvalue weighted by molar-refractivity contribution is 5.76. The van der Waals surface area contributed by atoms with E-state index in [1.807, 2.05) is 24.3 Å². The van der Waals surface area contributed by atoms with Gasteiger partial charge in [0.2, 0.25) is 0 Å². The maximum atomic E-state index is 13.6. The number of ether oxygens (including phenoxy) is 1. The van der Waals surface area contributed by atoms with Crippen LogP contribution >= 0.6 is 0 Å². The number of hydrogen-bond donors (Lipinski definition) is 1. The van der Waals surface area contributed by atoms with Crippen molar-refractivity contribution in [3.05, 3.63) is 76.3 Å². The van der Waals surface area contributed by atoms with Gasteiger partial charge in [-0.2, -0.15) is 5.10 Å². The zero-order chi connectivity index (χ0) is 21.5. The molecule has 0 aliphatic carbocycles. The Morgan fingerprint density at radius 1 is 1.13 bits per heavy atom. The smallest absolute Gasteiger partial charge is 0.270 e. The van der Waals surface area contributed by atoms with Crippen molar-refractivity contribution < 1.29 is 13.5 Å². The van der Waals surface area contributed by atoms with Gasteiger partial charge in [0, 0.05) is 24.1 Å². The minimum absolute atomic E-state index is 0.104. The van der Waals surface area contributed by atoms with Gasteiger partial charge in [0.1, 0.15) is 17.6 Å². The van der Waals surface area contributed by atoms with Crippen LogP contribution in [0.4, 0.5) is 8.78 Å². The van der Waals surface area contributed by atoms with Crippen LogP contribution in [0, 0.1) is 0 Å². The van der Waals surface area contributed by atoms with E-state index in [1.165, 1.54) is 28.9 Å². The number of rotatable bonds is 5. The lowest BCUT2D eigenvalue weighted by Gasteiger charge is -2.13. The highest BCUT2D eigenvalue weighted by atomic mass is 19.3. The number of alkyl halides is 2. The number of nitrogens with one attached hydrogen (secondary N) is 1. The summed E-state index contributed by atoms with van der Waals surface area (Å²) in [6.07, 6.45) is 0. The summed E-state index contributed by atoms with van der Waals surface area (Å²) in [4.78, 5) is 20.0. The van der Waals surface area contributed by atoms with Crippen molar-refractivity contribution in [2.24, 2.45) is 0 Å². The van der Waals surface area contributed by atoms with E-state index in [0.717, 1.165) is 12.5 Å². The van der Waals surface area contributed by atoms with Gasteiger partial charge < -0.3 is 9.72 Å². The van der Waals surface area contributed by atoms with Gasteiger partial charge in [0.15, 0.2) is 0 Å². The number of fused-ring (bicyclic) bond motifs is 1. The van der Waals surface area contributed by atoms with E-state index in [1.54, 1.807) is 20.1 Å². The summed E-state index contributed by atoms with van der Waals surface area (Å²) in [7, 11) is 1.58. The topological polar surface area (TPSA) is 72.8 Å². The number of hydrogen-bond acceptors (Lipinski definition) is 4. The fourth-order valence-electron chi connectivity index (χ4n) is 3.26. The van der Waals surface area contributed by atoms with Gasteiger partial charge in [0.05, 0.1) is 23.8 Å². The lowest BCUT2D eigenvalue weighted by Crippen LogP contribution is -2.26. The second kappa shape index (κ2) is 7.37. The third kappa shape index (κ3) is 3.68. The normalized spacial score (nSPS) is 12.8. The Morgan fingerprint density at radius 2 is 1.93 bits per heavy atom. The van der Waals surface area contributed by atoms with Crippen LogP contribution in [0.25, 0.3) is 22.3 Å². The van der Waals surface area contributed by atoms with E-state index in [-0.39, 0.29) is 11.1 Å². The molecule has 0 aliphatic rings. The van der Waals surface area contributed by atoms with Gasteiger partial charge in [-0.1, -0.05) is 18.2 Å². The number of imidazole rings is 1. The second-order valence-electron chi connectivity index (χ2n) is 7.15. The first-order valence-corrected chi connectivity index (χ1v) is 9.38. The number of halogens is 2. The van der Waals surface area contributed by atoms with Crippen molar-refractivity contribution in [3.8, 4) is 17.0 Å². The SMILES string of the molecule is COc1cccc(-c2ccc(=O)n(C(C)c3nc4ccc(C(C)(F)F)cc4[nH]3)n2)c1. The summed E-state index contributed by atoms with van der Waals surface area (Å²) >= 11 is 0. The molecule has 0 aliphatic heterocycles. The quantitative estimate of drug-likeness (QED) is 0.525. The van der Waals surface area contributed by atoms with Crippen LogP contribution in [0.3, 0.4) is 0 Å². The van der Waals surface area contributed by atoms with E-state index in [2.05, 4.69) is 15.1 Å². The fourth-order valence-corrected chi connectivity index (χ4v) is 3.26. The molecule has 2 aromatic heterocycles. The van der Waals surface area contributed by atoms with Gasteiger partial charge in [-0.05, 0) is 37.3 Å². The monoisotopic (exact) mass is 410 g/mol. The predicted octanol–water partition coefficient (Wildman–Crippen LogP) is 4.52. The van der Waals surface area contributed by atoms with E-state index in [4.69, 9.17) is 4.74 Å². The number of benzene rings is 2. The van der Waals surface area contributed by atoms with Crippen molar-refractivity contribution in [1.29, 1.82) is 0 Å². The van der Waals surface area contributed by atoms with Crippen molar-refractivity contribution in [3.63, 3.8) is 0 Å². The van der Waals surface area contributed by atoms with Gasteiger partial charge in [0.25, 0.3) is 11.5 Å². The Morgan fingerprint density at radius 3 is 2.67 bits per heavy atom. The molecule has 6 nitrogen and oxygen atoms in total. The molecule has 0 saturated heterocycles. The Kier molecular flexibility index (Phi) is 4.85. The average molecular weight is 410 g/mol. The fraction of sp³-hybridized carbons (Fsp3) is 0.227. The van der Waals surface area contributed by atoms with E-state index >= 15 is 0 Å². The Labute approximate surface area is 171 Å². The molecule has 0 bridgehead atoms. The van der Waals surface area contributed by atoms with Crippen LogP contribution in [-0.2, 0) is 5.92 Å². The molecule has 0 radical (unpaired) electrons. The average Bonchev–Trinajstić information content (AvgIpc) is 3.16. The number of aromatic amines is 1. The Hall–Kier alpha value is -3.55. The molecular weight excluding hydrogens is 390 g/mol. The molecule has 0 spiro atoms. The predicted molar refractivity (Wildman–Crippen MR) is 110 cm³/mol. The number of aromatic nitrogens is 4. The molecule has 8 heteroatoms. The standard InChI is InChI=1S/C22H20F2N4O2/c1-13(21-25-18-8-7-15(22(2,23)24)12-19(18)26-21)28-20(29)10-9-17(27-28)14-5-4-6-16(11-14)30-3/h4-13H,1-3H3,(H,25,26). The van der Waals surface area contributed by atoms with Crippen LogP contribution in [0.1, 0.15) is 31.3 Å². The van der Waals surface area contributed by atoms with Crippen LogP contribution in [0.15, 0.2) is 59.4 Å². The Bertz CT molecular complexity index is 1270. The number of H-pyrrole nitrogens is 1. The largest absolute Gasteiger partial charge is 0.497 e. The maximum Gasteiger partial charge on any atom is 0.270 e. The molecule has 4 aromatic rings. The molecule has 0 fully saturated rings. The number of nitrogens with zero attached hydrogens (tertiary/aromatic N) is 3. The molecule has 0 amide bonds. The first kappa shape index (κ1) is 19.8. The zero-order valence-electron chi connectivity index (χ0n) is 16.7. The zero-order valence-corrected chi connectivity index (χ0v) is 16.7. The maximum absolute atomic E-state index is 13.6. The van der Waals surface area contributed by atoms with Crippen molar-refractivity contribution in [1.82, 2.24) is 19.7 Å². The van der Waals surface area contributed by atoms with Crippen LogP contribution in [-0.4, -0.2) is 26.9 Å². The first-order chi connectivity index (χ1) is 14.3. The highest BCUT2D eigenvalue weighted by Crippen LogP contribution is 2.29. The Balaban J connectivity index is 1.74. The summed E-state index contributed by atoms with van der Waals surface area (Å²) in [5.74, 6) is -1.81. The van der Waals surface area contributed by atoms with Crippen LogP contribution in [0.2, 0.25) is 0 Å². The summed E-state index contributed by atoms with van der Waals surface area (Å²) in [6.45, 7) is 2.62. The minimum Gasteiger partial charge on any atom is -0.497 e. The van der Waals surface area contributed by atoms with Crippen LogP contribution in [0.5, 0.6) is 5.75 Å². The van der Waals surface area contributed by atoms with Crippen molar-refractivity contribution in [2.75, 3.05) is 7.11 Å². The van der Waals surface area contributed by atoms with Gasteiger partial charge in [-0.3, -0.25) is 4.79 Å². The van der Waals surface area contributed by atoms with Gasteiger partial charge in [-0.25, -0.2) is 18.4 Å². The molecule has 1 N–H and O–H groups in total. The summed E-state index contributed by atoms with van der Waals surface area (Å²) in [6, 6.07) is 14.2. The second-order valence-corrected chi connectivity index (χ2v) is 7.15. The molecule has 154 valence electrons. The first-order valence-electron chi connectivity index (χ1n) is 9.38. The minimum atomic E-state index is -2.95. The molecule has 1 unspecified atom stereocenters. The lowest BCUT2D eigenvalue weighted by atomic mass is 10.1. The molecule has 0 saturated carbocycles. The van der Waals surface area contributed by atoms with Crippen molar-refractivity contribution >= 4 is 11.0 Å². The molecule has 1 atom stereocenters. The van der Waals surface area contributed by atoms with E-state index in [9.17, 15) is 13.6 Å². The van der Waals surface area contributed by atoms with Gasteiger partial charge in [-0.15, -0.1) is 0 Å². The summed E-state index contributed by atoms with van der Waals surface area (Å²) in [5, 5.41) is 4.49.